The lowest BCUT2D eigenvalue weighted by Gasteiger charge is -2.30. The summed E-state index contributed by atoms with van der Waals surface area (Å²) in [4.78, 5) is 17.5. The molecule has 1 aromatic heterocycles. The molecule has 0 radical (unpaired) electrons. The van der Waals surface area contributed by atoms with Gasteiger partial charge in [-0.1, -0.05) is 65.5 Å². The first kappa shape index (κ1) is 23.5. The number of nitrogens with zero attached hydrogens (tertiary/aromatic N) is 4. The van der Waals surface area contributed by atoms with Gasteiger partial charge in [0, 0.05) is 22.0 Å². The minimum Gasteiger partial charge on any atom is -0.378 e. The van der Waals surface area contributed by atoms with Crippen LogP contribution in [0, 0.1) is 13.8 Å². The van der Waals surface area contributed by atoms with Gasteiger partial charge in [0.25, 0.3) is 0 Å². The minimum atomic E-state index is 0.0239. The third kappa shape index (κ3) is 4.81. The third-order valence-corrected chi connectivity index (χ3v) is 8.02. The zero-order valence-electron chi connectivity index (χ0n) is 20.0. The Kier molecular flexibility index (Phi) is 6.83. The second kappa shape index (κ2) is 10.2. The van der Waals surface area contributed by atoms with Crippen molar-refractivity contribution in [3.05, 3.63) is 83.7 Å². The molecule has 0 saturated heterocycles. The van der Waals surface area contributed by atoms with Gasteiger partial charge in [0.15, 0.2) is 11.0 Å². The van der Waals surface area contributed by atoms with Gasteiger partial charge in [0.1, 0.15) is 0 Å². The summed E-state index contributed by atoms with van der Waals surface area (Å²) in [5, 5.41) is 13.0. The van der Waals surface area contributed by atoms with Crippen molar-refractivity contribution in [2.75, 3.05) is 16.0 Å². The van der Waals surface area contributed by atoms with Gasteiger partial charge in [0.2, 0.25) is 5.91 Å². The molecule has 1 aliphatic heterocycles. The highest BCUT2D eigenvalue weighted by Gasteiger charge is 2.28. The van der Waals surface area contributed by atoms with E-state index >= 15 is 0 Å². The summed E-state index contributed by atoms with van der Waals surface area (Å²) in [7, 11) is 0. The fourth-order valence-electron chi connectivity index (χ4n) is 4.22. The lowest BCUT2D eigenvalue weighted by atomic mass is 10.1. The molecule has 4 aromatic rings. The standard InChI is InChI=1S/C27H27N5OS2/c1-4-31-25(16-28-20-14-13-18(2)15-19(20)3)29-30-27(31)34-17-26(33)32-21-9-5-7-11-23(21)35-24-12-8-6-10-22(24)32/h5-15,28H,4,16-17H2,1-3H3. The van der Waals surface area contributed by atoms with Crippen molar-refractivity contribution in [3.8, 4) is 0 Å². The van der Waals surface area contributed by atoms with Gasteiger partial charge in [-0.05, 0) is 56.7 Å². The predicted octanol–water partition coefficient (Wildman–Crippen LogP) is 6.45. The van der Waals surface area contributed by atoms with Gasteiger partial charge in [-0.3, -0.25) is 9.69 Å². The maximum Gasteiger partial charge on any atom is 0.242 e. The van der Waals surface area contributed by atoms with Crippen molar-refractivity contribution in [1.29, 1.82) is 0 Å². The molecule has 0 atom stereocenters. The summed E-state index contributed by atoms with van der Waals surface area (Å²) >= 11 is 3.13. The largest absolute Gasteiger partial charge is 0.378 e. The second-order valence-electron chi connectivity index (χ2n) is 8.37. The Bertz CT molecular complexity index is 1340. The fourth-order valence-corrected chi connectivity index (χ4v) is 6.15. The van der Waals surface area contributed by atoms with Gasteiger partial charge in [-0.2, -0.15) is 0 Å². The van der Waals surface area contributed by atoms with Crippen LogP contribution in [0.3, 0.4) is 0 Å². The molecule has 178 valence electrons. The SMILES string of the molecule is CCn1c(CNc2ccc(C)cc2C)nnc1SCC(=O)N1c2ccccc2Sc2ccccc21. The highest BCUT2D eigenvalue weighted by molar-refractivity contribution is 8.00. The summed E-state index contributed by atoms with van der Waals surface area (Å²) < 4.78 is 2.07. The van der Waals surface area contributed by atoms with Gasteiger partial charge in [-0.15, -0.1) is 10.2 Å². The highest BCUT2D eigenvalue weighted by Crippen LogP contribution is 2.48. The van der Waals surface area contributed by atoms with Gasteiger partial charge in [-0.25, -0.2) is 0 Å². The summed E-state index contributed by atoms with van der Waals surface area (Å²) in [6.45, 7) is 7.57. The molecule has 1 amide bonds. The van der Waals surface area contributed by atoms with E-state index in [9.17, 15) is 4.79 Å². The van der Waals surface area contributed by atoms with E-state index in [4.69, 9.17) is 0 Å². The van der Waals surface area contributed by atoms with Crippen LogP contribution >= 0.6 is 23.5 Å². The number of carbonyl (C=O) groups is 1. The number of hydrogen-bond donors (Lipinski definition) is 1. The van der Waals surface area contributed by atoms with Crippen molar-refractivity contribution in [2.24, 2.45) is 0 Å². The average molecular weight is 502 g/mol. The molecule has 2 heterocycles. The maximum atomic E-state index is 13.5. The van der Waals surface area contributed by atoms with Crippen LogP contribution in [0.15, 0.2) is 81.7 Å². The molecule has 35 heavy (non-hydrogen) atoms. The van der Waals surface area contributed by atoms with E-state index in [1.807, 2.05) is 41.3 Å². The Morgan fingerprint density at radius 2 is 1.66 bits per heavy atom. The van der Waals surface area contributed by atoms with Gasteiger partial charge in [0.05, 0.1) is 23.7 Å². The number of hydrogen-bond acceptors (Lipinski definition) is 6. The molecule has 0 spiro atoms. The predicted molar refractivity (Wildman–Crippen MR) is 144 cm³/mol. The number of aromatic nitrogens is 3. The van der Waals surface area contributed by atoms with E-state index in [2.05, 4.69) is 71.2 Å². The Balaban J connectivity index is 1.32. The summed E-state index contributed by atoms with van der Waals surface area (Å²) in [5.74, 6) is 1.15. The number of rotatable bonds is 7. The smallest absolute Gasteiger partial charge is 0.242 e. The lowest BCUT2D eigenvalue weighted by molar-refractivity contribution is -0.115. The van der Waals surface area contributed by atoms with E-state index in [0.717, 1.165) is 44.4 Å². The highest BCUT2D eigenvalue weighted by atomic mass is 32.2. The number of fused-ring (bicyclic) bond motifs is 2. The van der Waals surface area contributed by atoms with Crippen LogP contribution in [0.25, 0.3) is 0 Å². The van der Waals surface area contributed by atoms with Gasteiger partial charge >= 0.3 is 0 Å². The molecule has 1 aliphatic rings. The zero-order valence-corrected chi connectivity index (χ0v) is 21.6. The molecule has 3 aromatic carbocycles. The lowest BCUT2D eigenvalue weighted by Crippen LogP contribution is -2.30. The molecular weight excluding hydrogens is 474 g/mol. The average Bonchev–Trinajstić information content (AvgIpc) is 3.27. The number of nitrogens with one attached hydrogen (secondary N) is 1. The van der Waals surface area contributed by atoms with Crippen molar-refractivity contribution in [2.45, 2.75) is 48.8 Å². The summed E-state index contributed by atoms with van der Waals surface area (Å²) in [6, 6.07) is 22.5. The van der Waals surface area contributed by atoms with Crippen LogP contribution < -0.4 is 10.2 Å². The van der Waals surface area contributed by atoms with Gasteiger partial charge < -0.3 is 9.88 Å². The Hall–Kier alpha value is -3.23. The number of thioether (sulfide) groups is 1. The number of para-hydroxylation sites is 2. The summed E-state index contributed by atoms with van der Waals surface area (Å²) in [6.07, 6.45) is 0. The molecule has 0 bridgehead atoms. The Morgan fingerprint density at radius 1 is 0.971 bits per heavy atom. The van der Waals surface area contributed by atoms with Crippen molar-refractivity contribution < 1.29 is 4.79 Å². The van der Waals surface area contributed by atoms with E-state index in [1.165, 1.54) is 22.9 Å². The molecule has 0 unspecified atom stereocenters. The number of carbonyl (C=O) groups excluding carboxylic acids is 1. The van der Waals surface area contributed by atoms with Crippen molar-refractivity contribution in [3.63, 3.8) is 0 Å². The fraction of sp³-hybridized carbons (Fsp3) is 0.222. The Labute approximate surface area is 214 Å². The first-order chi connectivity index (χ1) is 17.0. The maximum absolute atomic E-state index is 13.5. The van der Waals surface area contributed by atoms with Crippen LogP contribution in [-0.2, 0) is 17.9 Å². The molecular formula is C27H27N5OS2. The molecule has 0 aliphatic carbocycles. The van der Waals surface area contributed by atoms with Crippen LogP contribution in [0.2, 0.25) is 0 Å². The number of amides is 1. The normalized spacial score (nSPS) is 12.3. The monoisotopic (exact) mass is 501 g/mol. The van der Waals surface area contributed by atoms with Crippen LogP contribution in [0.4, 0.5) is 17.1 Å². The first-order valence-corrected chi connectivity index (χ1v) is 13.4. The molecule has 8 heteroatoms. The third-order valence-electron chi connectivity index (χ3n) is 5.93. The topological polar surface area (TPSA) is 63.1 Å². The number of anilines is 3. The molecule has 0 saturated carbocycles. The first-order valence-electron chi connectivity index (χ1n) is 11.6. The number of benzene rings is 3. The van der Waals surface area contributed by atoms with Crippen LogP contribution in [-0.4, -0.2) is 26.4 Å². The van der Waals surface area contributed by atoms with E-state index in [-0.39, 0.29) is 11.7 Å². The van der Waals surface area contributed by atoms with Crippen molar-refractivity contribution >= 4 is 46.5 Å². The minimum absolute atomic E-state index is 0.0239. The number of aryl methyl sites for hydroxylation is 2. The van der Waals surface area contributed by atoms with E-state index in [0.29, 0.717) is 6.54 Å². The summed E-state index contributed by atoms with van der Waals surface area (Å²) in [5.41, 5.74) is 5.39. The zero-order chi connectivity index (χ0) is 24.4. The molecule has 5 rings (SSSR count). The molecule has 1 N–H and O–H groups in total. The van der Waals surface area contributed by atoms with Crippen LogP contribution in [0.1, 0.15) is 23.9 Å². The molecule has 6 nitrogen and oxygen atoms in total. The quantitative estimate of drug-likeness (QED) is 0.294. The van der Waals surface area contributed by atoms with Crippen molar-refractivity contribution in [1.82, 2.24) is 14.8 Å². The Morgan fingerprint density at radius 3 is 2.31 bits per heavy atom. The van der Waals surface area contributed by atoms with E-state index in [1.54, 1.807) is 11.8 Å². The molecule has 0 fully saturated rings. The second-order valence-corrected chi connectivity index (χ2v) is 10.4. The van der Waals surface area contributed by atoms with Crippen LogP contribution in [0.5, 0.6) is 0 Å². The van der Waals surface area contributed by atoms with E-state index < -0.39 is 0 Å².